The molecule has 0 atom stereocenters. The van der Waals surface area contributed by atoms with Gasteiger partial charge in [0.05, 0.1) is 0 Å². The predicted octanol–water partition coefficient (Wildman–Crippen LogP) is 4.55. The molecule has 0 aliphatic rings. The smallest absolute Gasteiger partial charge is 0.220 e. The molecule has 0 aliphatic carbocycles. The lowest BCUT2D eigenvalue weighted by molar-refractivity contribution is -0.121. The molecule has 1 N–H and O–H groups in total. The number of rotatable bonds is 6. The SMILES string of the molecule is Cc1cccc(-c2nocc2CCC(=O)NCc2ccccc2Cl)c1. The lowest BCUT2D eigenvalue weighted by Crippen LogP contribution is -2.23. The van der Waals surface area contributed by atoms with Crippen LogP contribution in [0.2, 0.25) is 5.02 Å². The summed E-state index contributed by atoms with van der Waals surface area (Å²) in [6.07, 6.45) is 2.55. The van der Waals surface area contributed by atoms with Crippen LogP contribution >= 0.6 is 11.6 Å². The number of carbonyl (C=O) groups is 1. The van der Waals surface area contributed by atoms with Gasteiger partial charge in [-0.15, -0.1) is 0 Å². The Morgan fingerprint density at radius 3 is 2.80 bits per heavy atom. The summed E-state index contributed by atoms with van der Waals surface area (Å²) in [5.74, 6) is -0.0312. The summed E-state index contributed by atoms with van der Waals surface area (Å²) >= 11 is 6.10. The minimum atomic E-state index is -0.0312. The average Bonchev–Trinajstić information content (AvgIpc) is 3.08. The van der Waals surface area contributed by atoms with E-state index in [1.807, 2.05) is 49.4 Å². The number of nitrogens with zero attached hydrogens (tertiary/aromatic N) is 1. The quantitative estimate of drug-likeness (QED) is 0.706. The topological polar surface area (TPSA) is 55.1 Å². The fraction of sp³-hybridized carbons (Fsp3) is 0.200. The molecule has 0 saturated heterocycles. The fourth-order valence-corrected chi connectivity index (χ4v) is 2.84. The second-order valence-corrected chi connectivity index (χ2v) is 6.33. The van der Waals surface area contributed by atoms with Crippen molar-refractivity contribution in [1.29, 1.82) is 0 Å². The Labute approximate surface area is 151 Å². The maximum Gasteiger partial charge on any atom is 0.220 e. The molecule has 0 fully saturated rings. The molecule has 0 bridgehead atoms. The van der Waals surface area contributed by atoms with Crippen molar-refractivity contribution in [1.82, 2.24) is 10.5 Å². The lowest BCUT2D eigenvalue weighted by Gasteiger charge is -2.07. The van der Waals surface area contributed by atoms with Crippen molar-refractivity contribution in [2.45, 2.75) is 26.3 Å². The van der Waals surface area contributed by atoms with Crippen LogP contribution in [0.4, 0.5) is 0 Å². The number of hydrogen-bond donors (Lipinski definition) is 1. The Kier molecular flexibility index (Phi) is 5.51. The van der Waals surface area contributed by atoms with E-state index in [1.54, 1.807) is 6.26 Å². The Balaban J connectivity index is 1.58. The highest BCUT2D eigenvalue weighted by Gasteiger charge is 2.12. The van der Waals surface area contributed by atoms with E-state index in [0.717, 1.165) is 27.9 Å². The van der Waals surface area contributed by atoms with E-state index in [2.05, 4.69) is 16.5 Å². The summed E-state index contributed by atoms with van der Waals surface area (Å²) in [5, 5.41) is 7.64. The third kappa shape index (κ3) is 4.48. The minimum Gasteiger partial charge on any atom is -0.364 e. The summed E-state index contributed by atoms with van der Waals surface area (Å²) in [5.41, 5.74) is 4.79. The van der Waals surface area contributed by atoms with Gasteiger partial charge < -0.3 is 9.84 Å². The van der Waals surface area contributed by atoms with Crippen molar-refractivity contribution in [3.05, 3.63) is 76.5 Å². The molecule has 0 unspecified atom stereocenters. The zero-order valence-corrected chi connectivity index (χ0v) is 14.7. The second kappa shape index (κ2) is 7.99. The molecule has 0 saturated carbocycles. The van der Waals surface area contributed by atoms with Gasteiger partial charge >= 0.3 is 0 Å². The summed E-state index contributed by atoms with van der Waals surface area (Å²) in [4.78, 5) is 12.1. The number of benzene rings is 2. The Morgan fingerprint density at radius 1 is 1.16 bits per heavy atom. The zero-order valence-electron chi connectivity index (χ0n) is 14.0. The molecule has 128 valence electrons. The van der Waals surface area contributed by atoms with Gasteiger partial charge in [0.2, 0.25) is 5.91 Å². The van der Waals surface area contributed by atoms with Gasteiger partial charge in [-0.2, -0.15) is 0 Å². The van der Waals surface area contributed by atoms with E-state index in [4.69, 9.17) is 16.1 Å². The van der Waals surface area contributed by atoms with Gasteiger partial charge in [-0.3, -0.25) is 4.79 Å². The number of halogens is 1. The number of hydrogen-bond acceptors (Lipinski definition) is 3. The number of carbonyl (C=O) groups excluding carboxylic acids is 1. The number of amides is 1. The second-order valence-electron chi connectivity index (χ2n) is 5.93. The fourth-order valence-electron chi connectivity index (χ4n) is 2.64. The Morgan fingerprint density at radius 2 is 2.00 bits per heavy atom. The lowest BCUT2D eigenvalue weighted by atomic mass is 10.0. The largest absolute Gasteiger partial charge is 0.364 e. The zero-order chi connectivity index (χ0) is 17.6. The third-order valence-corrected chi connectivity index (χ3v) is 4.36. The average molecular weight is 355 g/mol. The van der Waals surface area contributed by atoms with Crippen molar-refractivity contribution in [3.8, 4) is 11.3 Å². The van der Waals surface area contributed by atoms with E-state index in [1.165, 1.54) is 0 Å². The van der Waals surface area contributed by atoms with Gasteiger partial charge in [0.15, 0.2) is 0 Å². The maximum atomic E-state index is 12.1. The van der Waals surface area contributed by atoms with E-state index >= 15 is 0 Å². The first-order chi connectivity index (χ1) is 12.1. The molecule has 1 amide bonds. The van der Waals surface area contributed by atoms with Crippen LogP contribution in [0.25, 0.3) is 11.3 Å². The van der Waals surface area contributed by atoms with Crippen LogP contribution in [0.15, 0.2) is 59.3 Å². The molecule has 0 aliphatic heterocycles. The van der Waals surface area contributed by atoms with E-state index in [9.17, 15) is 4.79 Å². The first-order valence-corrected chi connectivity index (χ1v) is 8.51. The highest BCUT2D eigenvalue weighted by molar-refractivity contribution is 6.31. The van der Waals surface area contributed by atoms with Crippen molar-refractivity contribution >= 4 is 17.5 Å². The van der Waals surface area contributed by atoms with Gasteiger partial charge in [0, 0.05) is 29.1 Å². The molecule has 2 aromatic carbocycles. The number of aromatic nitrogens is 1. The normalized spacial score (nSPS) is 10.6. The molecule has 0 radical (unpaired) electrons. The summed E-state index contributed by atoms with van der Waals surface area (Å²) in [6, 6.07) is 15.5. The monoisotopic (exact) mass is 354 g/mol. The van der Waals surface area contributed by atoms with Crippen LogP contribution in [0.3, 0.4) is 0 Å². The summed E-state index contributed by atoms with van der Waals surface area (Å²) in [7, 11) is 0. The molecule has 1 heterocycles. The summed E-state index contributed by atoms with van der Waals surface area (Å²) in [6.45, 7) is 2.46. The van der Waals surface area contributed by atoms with Crippen LogP contribution in [0.1, 0.15) is 23.1 Å². The van der Waals surface area contributed by atoms with E-state index in [0.29, 0.717) is 24.4 Å². The minimum absolute atomic E-state index is 0.0312. The van der Waals surface area contributed by atoms with Gasteiger partial charge in [-0.1, -0.05) is 58.7 Å². The highest BCUT2D eigenvalue weighted by atomic mass is 35.5. The van der Waals surface area contributed by atoms with Crippen molar-refractivity contribution in [2.24, 2.45) is 0 Å². The predicted molar refractivity (Wildman–Crippen MR) is 98.3 cm³/mol. The van der Waals surface area contributed by atoms with Crippen LogP contribution in [-0.4, -0.2) is 11.1 Å². The standard InChI is InChI=1S/C20H19ClN2O2/c1-14-5-4-7-15(11-14)20-17(13-25-23-20)9-10-19(24)22-12-16-6-2-3-8-18(16)21/h2-8,11,13H,9-10,12H2,1H3,(H,22,24). The van der Waals surface area contributed by atoms with Crippen molar-refractivity contribution in [2.75, 3.05) is 0 Å². The van der Waals surface area contributed by atoms with Crippen LogP contribution in [0, 0.1) is 6.92 Å². The van der Waals surface area contributed by atoms with Gasteiger partial charge in [-0.05, 0) is 31.0 Å². The van der Waals surface area contributed by atoms with Gasteiger partial charge in [0.25, 0.3) is 0 Å². The molecule has 3 rings (SSSR count). The highest BCUT2D eigenvalue weighted by Crippen LogP contribution is 2.24. The first-order valence-electron chi connectivity index (χ1n) is 8.14. The molecule has 0 spiro atoms. The Bertz CT molecular complexity index is 873. The van der Waals surface area contributed by atoms with Crippen LogP contribution in [-0.2, 0) is 17.8 Å². The van der Waals surface area contributed by atoms with E-state index in [-0.39, 0.29) is 5.91 Å². The molecule has 3 aromatic rings. The molecular formula is C20H19ClN2O2. The van der Waals surface area contributed by atoms with Crippen molar-refractivity contribution < 1.29 is 9.32 Å². The van der Waals surface area contributed by atoms with Crippen molar-refractivity contribution in [3.63, 3.8) is 0 Å². The molecule has 5 heteroatoms. The summed E-state index contributed by atoms with van der Waals surface area (Å²) < 4.78 is 5.12. The number of aryl methyl sites for hydroxylation is 2. The maximum absolute atomic E-state index is 12.1. The van der Waals surface area contributed by atoms with Gasteiger partial charge in [-0.25, -0.2) is 0 Å². The third-order valence-electron chi connectivity index (χ3n) is 3.99. The van der Waals surface area contributed by atoms with E-state index < -0.39 is 0 Å². The van der Waals surface area contributed by atoms with Crippen LogP contribution < -0.4 is 5.32 Å². The molecule has 1 aromatic heterocycles. The number of nitrogens with one attached hydrogen (secondary N) is 1. The first kappa shape index (κ1) is 17.2. The molecular weight excluding hydrogens is 336 g/mol. The Hall–Kier alpha value is -2.59. The van der Waals surface area contributed by atoms with Gasteiger partial charge in [0.1, 0.15) is 12.0 Å². The van der Waals surface area contributed by atoms with Crippen LogP contribution in [0.5, 0.6) is 0 Å². The molecule has 25 heavy (non-hydrogen) atoms. The molecule has 4 nitrogen and oxygen atoms in total.